The molecule has 0 aromatic heterocycles. The van der Waals surface area contributed by atoms with Gasteiger partial charge in [0.25, 0.3) is 10.0 Å². The van der Waals surface area contributed by atoms with Crippen LogP contribution < -0.4 is 9.62 Å². The van der Waals surface area contributed by atoms with E-state index in [1.54, 1.807) is 43.3 Å². The maximum Gasteiger partial charge on any atom is 0.416 e. The van der Waals surface area contributed by atoms with E-state index in [1.165, 1.54) is 30.0 Å². The molecule has 3 aromatic rings. The highest BCUT2D eigenvalue weighted by Crippen LogP contribution is 2.33. The van der Waals surface area contributed by atoms with Gasteiger partial charge < -0.3 is 10.2 Å². The molecule has 0 radical (unpaired) electrons. The molecule has 3 aromatic carbocycles. The smallest absolute Gasteiger partial charge is 0.354 e. The van der Waals surface area contributed by atoms with Crippen LogP contribution in [0.25, 0.3) is 0 Å². The summed E-state index contributed by atoms with van der Waals surface area (Å²) in [6.45, 7) is 6.50. The molecule has 226 valence electrons. The molecule has 0 heterocycles. The van der Waals surface area contributed by atoms with Crippen LogP contribution in [0.4, 0.5) is 18.9 Å². The normalized spacial score (nSPS) is 12.6. The maximum absolute atomic E-state index is 13.9. The molecule has 7 nitrogen and oxygen atoms in total. The first-order valence-electron chi connectivity index (χ1n) is 13.2. The fraction of sp³-hybridized carbons (Fsp3) is 0.333. The van der Waals surface area contributed by atoms with Crippen LogP contribution in [0.15, 0.2) is 77.7 Å². The zero-order valence-electron chi connectivity index (χ0n) is 23.7. The molecule has 0 unspecified atom stereocenters. The summed E-state index contributed by atoms with van der Waals surface area (Å²) in [4.78, 5) is 27.9. The van der Waals surface area contributed by atoms with Gasteiger partial charge in [-0.3, -0.25) is 13.9 Å². The average molecular weight is 624 g/mol. The first-order chi connectivity index (χ1) is 19.6. The molecular weight excluding hydrogens is 591 g/mol. The lowest BCUT2D eigenvalue weighted by atomic mass is 10.1. The standard InChI is InChI=1S/C30H33ClF3N3O4S/c1-20(2)17-35-29(39)22(4)36(18-23-10-12-25(31)13-11-23)28(38)19-37(26-7-5-6-24(16-26)30(32,33)34)42(40,41)27-14-8-21(3)9-15-27/h5-16,20,22H,17-19H2,1-4H3,(H,35,39)/t22-/m1/s1. The molecule has 3 rings (SSSR count). The molecule has 0 saturated carbocycles. The number of halogens is 4. The molecule has 0 saturated heterocycles. The molecule has 0 aliphatic heterocycles. The van der Waals surface area contributed by atoms with E-state index in [-0.39, 0.29) is 23.0 Å². The largest absolute Gasteiger partial charge is 0.416 e. The number of hydrogen-bond acceptors (Lipinski definition) is 4. The van der Waals surface area contributed by atoms with Crippen LogP contribution in [0.2, 0.25) is 5.02 Å². The molecule has 12 heteroatoms. The Kier molecular flexibility index (Phi) is 10.7. The molecule has 0 aliphatic rings. The zero-order chi connectivity index (χ0) is 31.2. The summed E-state index contributed by atoms with van der Waals surface area (Å²) in [5, 5.41) is 3.23. The van der Waals surface area contributed by atoms with Crippen molar-refractivity contribution in [2.45, 2.75) is 51.4 Å². The number of amides is 2. The monoisotopic (exact) mass is 623 g/mol. The third-order valence-electron chi connectivity index (χ3n) is 6.47. The van der Waals surface area contributed by atoms with Gasteiger partial charge >= 0.3 is 6.18 Å². The topological polar surface area (TPSA) is 86.8 Å². The van der Waals surface area contributed by atoms with Crippen molar-refractivity contribution in [1.82, 2.24) is 10.2 Å². The molecule has 42 heavy (non-hydrogen) atoms. The van der Waals surface area contributed by atoms with Crippen LogP contribution in [0.3, 0.4) is 0 Å². The fourth-order valence-electron chi connectivity index (χ4n) is 4.03. The number of nitrogens with one attached hydrogen (secondary N) is 1. The highest BCUT2D eigenvalue weighted by Gasteiger charge is 2.35. The second kappa shape index (κ2) is 13.6. The lowest BCUT2D eigenvalue weighted by Gasteiger charge is -2.32. The Labute approximate surface area is 249 Å². The SMILES string of the molecule is Cc1ccc(S(=O)(=O)N(CC(=O)N(Cc2ccc(Cl)cc2)[C@H](C)C(=O)NCC(C)C)c2cccc(C(F)(F)F)c2)cc1. The third kappa shape index (κ3) is 8.48. The van der Waals surface area contributed by atoms with Crippen LogP contribution in [0.1, 0.15) is 37.5 Å². The summed E-state index contributed by atoms with van der Waals surface area (Å²) in [6, 6.07) is 15.0. The number of hydrogen-bond donors (Lipinski definition) is 1. The van der Waals surface area contributed by atoms with Crippen molar-refractivity contribution in [1.29, 1.82) is 0 Å². The predicted octanol–water partition coefficient (Wildman–Crippen LogP) is 6.05. The van der Waals surface area contributed by atoms with Crippen molar-refractivity contribution in [2.24, 2.45) is 5.92 Å². The summed E-state index contributed by atoms with van der Waals surface area (Å²) >= 11 is 6.00. The quantitative estimate of drug-likeness (QED) is 0.282. The van der Waals surface area contributed by atoms with Gasteiger partial charge in [0.05, 0.1) is 16.1 Å². The maximum atomic E-state index is 13.9. The Bertz CT molecular complexity index is 1500. The Balaban J connectivity index is 2.07. The second-order valence-electron chi connectivity index (χ2n) is 10.3. The molecule has 1 N–H and O–H groups in total. The average Bonchev–Trinajstić information content (AvgIpc) is 2.93. The van der Waals surface area contributed by atoms with Crippen molar-refractivity contribution in [2.75, 3.05) is 17.4 Å². The molecule has 0 aliphatic carbocycles. The van der Waals surface area contributed by atoms with Crippen LogP contribution in [-0.4, -0.2) is 44.3 Å². The molecule has 1 atom stereocenters. The molecular formula is C30H33ClF3N3O4S. The lowest BCUT2D eigenvalue weighted by Crippen LogP contribution is -2.51. The van der Waals surface area contributed by atoms with Gasteiger partial charge in [0.2, 0.25) is 11.8 Å². The van der Waals surface area contributed by atoms with E-state index in [0.717, 1.165) is 17.7 Å². The van der Waals surface area contributed by atoms with Gasteiger partial charge in [-0.15, -0.1) is 0 Å². The Morgan fingerprint density at radius 2 is 1.57 bits per heavy atom. The molecule has 0 fully saturated rings. The molecule has 0 spiro atoms. The van der Waals surface area contributed by atoms with Gasteiger partial charge in [0.15, 0.2) is 0 Å². The molecule has 0 bridgehead atoms. The van der Waals surface area contributed by atoms with Gasteiger partial charge in [-0.25, -0.2) is 8.42 Å². The lowest BCUT2D eigenvalue weighted by molar-refractivity contribution is -0.139. The van der Waals surface area contributed by atoms with E-state index in [2.05, 4.69) is 5.32 Å². The number of aryl methyl sites for hydroxylation is 1. The highest BCUT2D eigenvalue weighted by molar-refractivity contribution is 7.92. The van der Waals surface area contributed by atoms with Crippen molar-refractivity contribution in [3.05, 3.63) is 94.5 Å². The summed E-state index contributed by atoms with van der Waals surface area (Å²) in [5.41, 5.74) is -0.0348. The Morgan fingerprint density at radius 3 is 2.14 bits per heavy atom. The van der Waals surface area contributed by atoms with Crippen LogP contribution in [0.5, 0.6) is 0 Å². The number of alkyl halides is 3. The van der Waals surface area contributed by atoms with Gasteiger partial charge in [-0.1, -0.05) is 61.3 Å². The van der Waals surface area contributed by atoms with Crippen molar-refractivity contribution in [3.63, 3.8) is 0 Å². The first kappa shape index (κ1) is 32.9. The molecule has 2 amide bonds. The van der Waals surface area contributed by atoms with Crippen LogP contribution in [0, 0.1) is 12.8 Å². The highest BCUT2D eigenvalue weighted by atomic mass is 35.5. The summed E-state index contributed by atoms with van der Waals surface area (Å²) in [7, 11) is -4.51. The van der Waals surface area contributed by atoms with Gasteiger partial charge in [-0.05, 0) is 67.8 Å². The van der Waals surface area contributed by atoms with Gasteiger partial charge in [-0.2, -0.15) is 13.2 Å². The fourth-order valence-corrected chi connectivity index (χ4v) is 5.56. The number of carbonyl (C=O) groups excluding carboxylic acids is 2. The minimum atomic E-state index is -4.75. The predicted molar refractivity (Wildman–Crippen MR) is 156 cm³/mol. The summed E-state index contributed by atoms with van der Waals surface area (Å²) in [6.07, 6.45) is -4.75. The number of sulfonamides is 1. The van der Waals surface area contributed by atoms with Crippen molar-refractivity contribution >= 4 is 39.1 Å². The van der Waals surface area contributed by atoms with E-state index in [4.69, 9.17) is 11.6 Å². The van der Waals surface area contributed by atoms with E-state index in [0.29, 0.717) is 27.5 Å². The minimum absolute atomic E-state index is 0.0761. The Morgan fingerprint density at radius 1 is 0.952 bits per heavy atom. The summed E-state index contributed by atoms with van der Waals surface area (Å²) < 4.78 is 69.0. The Hall–Kier alpha value is -3.57. The number of benzene rings is 3. The first-order valence-corrected chi connectivity index (χ1v) is 15.0. The van der Waals surface area contributed by atoms with Crippen molar-refractivity contribution < 1.29 is 31.2 Å². The van der Waals surface area contributed by atoms with Crippen LogP contribution >= 0.6 is 11.6 Å². The number of rotatable bonds is 11. The van der Waals surface area contributed by atoms with E-state index in [9.17, 15) is 31.2 Å². The zero-order valence-corrected chi connectivity index (χ0v) is 25.2. The van der Waals surface area contributed by atoms with E-state index in [1.807, 2.05) is 13.8 Å². The second-order valence-corrected chi connectivity index (χ2v) is 12.6. The number of anilines is 1. The van der Waals surface area contributed by atoms with Gasteiger partial charge in [0, 0.05) is 18.1 Å². The van der Waals surface area contributed by atoms with E-state index >= 15 is 0 Å². The number of carbonyl (C=O) groups is 2. The number of nitrogens with zero attached hydrogens (tertiary/aromatic N) is 2. The third-order valence-corrected chi connectivity index (χ3v) is 8.51. The van der Waals surface area contributed by atoms with Crippen LogP contribution in [-0.2, 0) is 32.3 Å². The van der Waals surface area contributed by atoms with Crippen molar-refractivity contribution in [3.8, 4) is 0 Å². The van der Waals surface area contributed by atoms with Gasteiger partial charge in [0.1, 0.15) is 12.6 Å². The summed E-state index contributed by atoms with van der Waals surface area (Å²) in [5.74, 6) is -1.11. The minimum Gasteiger partial charge on any atom is -0.354 e. The van der Waals surface area contributed by atoms with E-state index < -0.39 is 46.2 Å².